The zero-order valence-corrected chi connectivity index (χ0v) is 12.9. The van der Waals surface area contributed by atoms with Gasteiger partial charge in [0.2, 0.25) is 5.91 Å². The fraction of sp³-hybridized carbons (Fsp3) is 0.533. The van der Waals surface area contributed by atoms with E-state index in [-0.39, 0.29) is 11.8 Å². The lowest BCUT2D eigenvalue weighted by Gasteiger charge is -2.24. The van der Waals surface area contributed by atoms with Gasteiger partial charge < -0.3 is 10.6 Å². The Morgan fingerprint density at radius 3 is 2.84 bits per heavy atom. The van der Waals surface area contributed by atoms with Crippen molar-refractivity contribution in [3.8, 4) is 0 Å². The van der Waals surface area contributed by atoms with Gasteiger partial charge in [-0.05, 0) is 43.0 Å². The van der Waals surface area contributed by atoms with Crippen molar-refractivity contribution in [2.24, 2.45) is 0 Å². The molecule has 0 spiro atoms. The lowest BCUT2D eigenvalue weighted by Crippen LogP contribution is -2.45. The van der Waals surface area contributed by atoms with Crippen LogP contribution in [0.5, 0.6) is 0 Å². The van der Waals surface area contributed by atoms with E-state index in [2.05, 4.69) is 45.6 Å². The molecule has 4 heteroatoms. The molecule has 1 aliphatic heterocycles. The molecule has 1 aliphatic rings. The van der Waals surface area contributed by atoms with Crippen LogP contribution in [0.1, 0.15) is 37.7 Å². The Morgan fingerprint density at radius 1 is 1.47 bits per heavy atom. The van der Waals surface area contributed by atoms with E-state index in [1.165, 1.54) is 5.56 Å². The average molecular weight is 325 g/mol. The third kappa shape index (κ3) is 4.62. The van der Waals surface area contributed by atoms with Crippen LogP contribution in [0.25, 0.3) is 0 Å². The molecule has 1 amide bonds. The number of piperidine rings is 1. The highest BCUT2D eigenvalue weighted by Gasteiger charge is 2.17. The number of rotatable bonds is 4. The number of carbonyl (C=O) groups is 1. The molecule has 3 nitrogen and oxygen atoms in total. The number of halogens is 1. The molecule has 0 radical (unpaired) electrons. The molecular weight excluding hydrogens is 304 g/mol. The van der Waals surface area contributed by atoms with E-state index in [1.807, 2.05) is 12.1 Å². The molecule has 2 rings (SSSR count). The lowest BCUT2D eigenvalue weighted by molar-refractivity contribution is -0.122. The molecule has 2 N–H and O–H groups in total. The largest absolute Gasteiger partial charge is 0.352 e. The van der Waals surface area contributed by atoms with Gasteiger partial charge in [0, 0.05) is 23.5 Å². The van der Waals surface area contributed by atoms with Crippen LogP contribution in [-0.4, -0.2) is 25.0 Å². The van der Waals surface area contributed by atoms with Gasteiger partial charge in [0.15, 0.2) is 0 Å². The molecule has 0 aliphatic carbocycles. The van der Waals surface area contributed by atoms with Gasteiger partial charge >= 0.3 is 0 Å². The number of hydrogen-bond donors (Lipinski definition) is 2. The van der Waals surface area contributed by atoms with Gasteiger partial charge in [-0.25, -0.2) is 0 Å². The van der Waals surface area contributed by atoms with Crippen molar-refractivity contribution < 1.29 is 4.79 Å². The van der Waals surface area contributed by atoms with Gasteiger partial charge in [-0.2, -0.15) is 0 Å². The van der Waals surface area contributed by atoms with Crippen LogP contribution in [0, 0.1) is 0 Å². The first-order valence-corrected chi connectivity index (χ1v) is 7.70. The van der Waals surface area contributed by atoms with Gasteiger partial charge in [-0.15, -0.1) is 0 Å². The van der Waals surface area contributed by atoms with Crippen molar-refractivity contribution >= 4 is 21.8 Å². The molecule has 2 atom stereocenters. The third-order valence-electron chi connectivity index (χ3n) is 3.59. The van der Waals surface area contributed by atoms with E-state index in [9.17, 15) is 4.79 Å². The summed E-state index contributed by atoms with van der Waals surface area (Å²) in [7, 11) is 0. The molecule has 2 unspecified atom stereocenters. The topological polar surface area (TPSA) is 41.1 Å². The molecule has 0 bridgehead atoms. The van der Waals surface area contributed by atoms with Crippen molar-refractivity contribution in [3.63, 3.8) is 0 Å². The summed E-state index contributed by atoms with van der Waals surface area (Å²) in [6.07, 6.45) is 2.79. The predicted octanol–water partition coefficient (Wildman–Crippen LogP) is 2.81. The summed E-state index contributed by atoms with van der Waals surface area (Å²) < 4.78 is 1.07. The Labute approximate surface area is 123 Å². The van der Waals surface area contributed by atoms with Crippen LogP contribution >= 0.6 is 15.9 Å². The molecule has 104 valence electrons. The monoisotopic (exact) mass is 324 g/mol. The van der Waals surface area contributed by atoms with Crippen LogP contribution in [-0.2, 0) is 4.79 Å². The first-order chi connectivity index (χ1) is 9.15. The number of hydrogen-bond acceptors (Lipinski definition) is 2. The summed E-state index contributed by atoms with van der Waals surface area (Å²) in [5.41, 5.74) is 1.21. The fourth-order valence-corrected chi connectivity index (χ4v) is 2.71. The summed E-state index contributed by atoms with van der Waals surface area (Å²) in [6, 6.07) is 8.50. The van der Waals surface area contributed by atoms with E-state index >= 15 is 0 Å². The minimum Gasteiger partial charge on any atom is -0.352 e. The molecule has 1 heterocycles. The number of carbonyl (C=O) groups excluding carboxylic acids is 1. The molecule has 1 saturated heterocycles. The van der Waals surface area contributed by atoms with Crippen molar-refractivity contribution in [2.75, 3.05) is 13.1 Å². The van der Waals surface area contributed by atoms with E-state index in [4.69, 9.17) is 0 Å². The highest BCUT2D eigenvalue weighted by molar-refractivity contribution is 9.10. The summed E-state index contributed by atoms with van der Waals surface area (Å²) in [6.45, 7) is 4.07. The Morgan fingerprint density at radius 2 is 2.21 bits per heavy atom. The normalized spacial score (nSPS) is 20.8. The van der Waals surface area contributed by atoms with Gasteiger partial charge in [-0.1, -0.05) is 35.0 Å². The smallest absolute Gasteiger partial charge is 0.220 e. The van der Waals surface area contributed by atoms with Crippen molar-refractivity contribution in [1.29, 1.82) is 0 Å². The second-order valence-electron chi connectivity index (χ2n) is 5.27. The predicted molar refractivity (Wildman–Crippen MR) is 81.2 cm³/mol. The van der Waals surface area contributed by atoms with Gasteiger partial charge in [0.1, 0.15) is 0 Å². The number of nitrogens with one attached hydrogen (secondary N) is 2. The zero-order valence-electron chi connectivity index (χ0n) is 11.3. The van der Waals surface area contributed by atoms with Gasteiger partial charge in [0.05, 0.1) is 0 Å². The van der Waals surface area contributed by atoms with Crippen molar-refractivity contribution in [1.82, 2.24) is 10.6 Å². The Kier molecular flexibility index (Phi) is 5.40. The SMILES string of the molecule is CC(CC(=O)NC1CCCNC1)c1ccc(Br)cc1. The Hall–Kier alpha value is -0.870. The summed E-state index contributed by atoms with van der Waals surface area (Å²) in [5, 5.41) is 6.43. The number of amides is 1. The Balaban J connectivity index is 1.82. The van der Waals surface area contributed by atoms with E-state index in [0.717, 1.165) is 30.4 Å². The highest BCUT2D eigenvalue weighted by Crippen LogP contribution is 2.21. The fourth-order valence-electron chi connectivity index (χ4n) is 2.45. The molecule has 1 aromatic carbocycles. The second kappa shape index (κ2) is 7.06. The highest BCUT2D eigenvalue weighted by atomic mass is 79.9. The van der Waals surface area contributed by atoms with Crippen LogP contribution in [0.15, 0.2) is 28.7 Å². The summed E-state index contributed by atoms with van der Waals surface area (Å²) in [5.74, 6) is 0.411. The Bertz CT molecular complexity index is 413. The van der Waals surface area contributed by atoms with E-state index in [0.29, 0.717) is 12.5 Å². The van der Waals surface area contributed by atoms with Crippen LogP contribution in [0.4, 0.5) is 0 Å². The molecule has 0 aromatic heterocycles. The minimum absolute atomic E-state index is 0.157. The summed E-state index contributed by atoms with van der Waals surface area (Å²) >= 11 is 3.42. The lowest BCUT2D eigenvalue weighted by atomic mass is 9.97. The number of benzene rings is 1. The minimum atomic E-state index is 0.157. The van der Waals surface area contributed by atoms with Crippen molar-refractivity contribution in [3.05, 3.63) is 34.3 Å². The average Bonchev–Trinajstić information content (AvgIpc) is 2.40. The first kappa shape index (κ1) is 14.5. The van der Waals surface area contributed by atoms with Crippen LogP contribution in [0.3, 0.4) is 0 Å². The van der Waals surface area contributed by atoms with E-state index in [1.54, 1.807) is 0 Å². The van der Waals surface area contributed by atoms with Gasteiger partial charge in [-0.3, -0.25) is 4.79 Å². The van der Waals surface area contributed by atoms with Crippen molar-refractivity contribution in [2.45, 2.75) is 38.1 Å². The molecule has 1 fully saturated rings. The molecule has 19 heavy (non-hydrogen) atoms. The maximum atomic E-state index is 12.0. The maximum Gasteiger partial charge on any atom is 0.220 e. The van der Waals surface area contributed by atoms with Crippen LogP contribution in [0.2, 0.25) is 0 Å². The zero-order chi connectivity index (χ0) is 13.7. The third-order valence-corrected chi connectivity index (χ3v) is 4.12. The molecular formula is C15H21BrN2O. The first-order valence-electron chi connectivity index (χ1n) is 6.90. The van der Waals surface area contributed by atoms with Gasteiger partial charge in [0.25, 0.3) is 0 Å². The summed E-state index contributed by atoms with van der Waals surface area (Å²) in [4.78, 5) is 12.0. The molecule has 0 saturated carbocycles. The standard InChI is InChI=1S/C15H21BrN2O/c1-11(12-4-6-13(16)7-5-12)9-15(19)18-14-3-2-8-17-10-14/h4-7,11,14,17H,2-3,8-10H2,1H3,(H,18,19). The van der Waals surface area contributed by atoms with Crippen LogP contribution < -0.4 is 10.6 Å². The second-order valence-corrected chi connectivity index (χ2v) is 6.18. The maximum absolute atomic E-state index is 12.0. The quantitative estimate of drug-likeness (QED) is 0.894. The molecule has 1 aromatic rings. The van der Waals surface area contributed by atoms with E-state index < -0.39 is 0 Å².